The van der Waals surface area contributed by atoms with Crippen LogP contribution >= 0.6 is 11.3 Å². The Labute approximate surface area is 160 Å². The van der Waals surface area contributed by atoms with Crippen molar-refractivity contribution in [1.29, 1.82) is 0 Å². The molecule has 0 bridgehead atoms. The van der Waals surface area contributed by atoms with Crippen molar-refractivity contribution in [2.45, 2.75) is 6.92 Å². The molecule has 0 radical (unpaired) electrons. The first kappa shape index (κ1) is 17.1. The van der Waals surface area contributed by atoms with Crippen molar-refractivity contribution in [3.05, 3.63) is 59.5 Å². The predicted molar refractivity (Wildman–Crippen MR) is 113 cm³/mol. The zero-order chi connectivity index (χ0) is 18.8. The highest BCUT2D eigenvalue weighted by Gasteiger charge is 2.11. The lowest BCUT2D eigenvalue weighted by atomic mass is 10.1. The van der Waals surface area contributed by atoms with E-state index in [1.165, 1.54) is 4.70 Å². The average molecular weight is 377 g/mol. The Hall–Kier alpha value is -3.32. The largest absolute Gasteiger partial charge is 0.494 e. The molecule has 0 atom stereocenters. The van der Waals surface area contributed by atoms with Gasteiger partial charge in [0, 0.05) is 26.7 Å². The molecule has 0 saturated carbocycles. The summed E-state index contributed by atoms with van der Waals surface area (Å²) in [7, 11) is 0. The molecule has 0 unspecified atom stereocenters. The van der Waals surface area contributed by atoms with Gasteiger partial charge in [-0.25, -0.2) is 4.98 Å². The van der Waals surface area contributed by atoms with E-state index in [9.17, 15) is 0 Å². The van der Waals surface area contributed by atoms with Crippen molar-refractivity contribution < 1.29 is 4.74 Å². The third kappa shape index (κ3) is 3.24. The maximum absolute atomic E-state index is 5.85. The van der Waals surface area contributed by atoms with Gasteiger partial charge in [-0.1, -0.05) is 12.1 Å². The number of hydrogen-bond donors (Lipinski definition) is 3. The first-order valence-corrected chi connectivity index (χ1v) is 9.42. The number of nitrogens with two attached hydrogens (primary N) is 2. The normalized spacial score (nSPS) is 11.8. The Morgan fingerprint density at radius 3 is 2.70 bits per heavy atom. The van der Waals surface area contributed by atoms with Crippen LogP contribution in [-0.2, 0) is 0 Å². The molecule has 6 nitrogen and oxygen atoms in total. The number of benzene rings is 2. The summed E-state index contributed by atoms with van der Waals surface area (Å²) in [6.07, 6.45) is 0. The van der Waals surface area contributed by atoms with E-state index < -0.39 is 0 Å². The lowest BCUT2D eigenvalue weighted by Gasteiger charge is -2.11. The maximum Gasteiger partial charge on any atom is 0.150 e. The number of pyridine rings is 1. The van der Waals surface area contributed by atoms with Gasteiger partial charge >= 0.3 is 0 Å². The van der Waals surface area contributed by atoms with Crippen molar-refractivity contribution in [2.24, 2.45) is 16.7 Å². The summed E-state index contributed by atoms with van der Waals surface area (Å²) in [6.45, 7) is 2.61. The standard InChI is InChI=1S/C20H19N5OS/c1-2-26-14-6-4-13(5-7-14)23-20-16-9-10-27-18(16)15-8-3-12(19(21)25-22)11-17(15)24-20/h3-11H,2,22H2,1H3,(H2,21,25)(H,23,24). The maximum atomic E-state index is 5.85. The smallest absolute Gasteiger partial charge is 0.150 e. The number of hydrogen-bond acceptors (Lipinski definition) is 6. The van der Waals surface area contributed by atoms with Crippen LogP contribution in [0.4, 0.5) is 11.5 Å². The molecule has 27 heavy (non-hydrogen) atoms. The average Bonchev–Trinajstić information content (AvgIpc) is 3.19. The summed E-state index contributed by atoms with van der Waals surface area (Å²) < 4.78 is 6.67. The summed E-state index contributed by atoms with van der Waals surface area (Å²) in [5, 5.41) is 11.2. The van der Waals surface area contributed by atoms with E-state index in [1.807, 2.05) is 49.4 Å². The Bertz CT molecular complexity index is 1130. The first-order valence-electron chi connectivity index (χ1n) is 8.54. The summed E-state index contributed by atoms with van der Waals surface area (Å²) in [6, 6.07) is 15.7. The number of nitrogens with zero attached hydrogens (tertiary/aromatic N) is 2. The van der Waals surface area contributed by atoms with Crippen LogP contribution < -0.4 is 21.6 Å². The molecule has 2 aromatic heterocycles. The molecule has 4 aromatic rings. The van der Waals surface area contributed by atoms with Gasteiger partial charge < -0.3 is 21.6 Å². The van der Waals surface area contributed by atoms with E-state index in [2.05, 4.69) is 21.9 Å². The van der Waals surface area contributed by atoms with Crippen LogP contribution in [0.25, 0.3) is 21.0 Å². The van der Waals surface area contributed by atoms with Gasteiger partial charge in [0.15, 0.2) is 0 Å². The number of nitrogens with one attached hydrogen (secondary N) is 1. The quantitative estimate of drug-likeness (QED) is 0.210. The van der Waals surface area contributed by atoms with Gasteiger partial charge in [0.25, 0.3) is 0 Å². The van der Waals surface area contributed by atoms with Crippen molar-refractivity contribution in [1.82, 2.24) is 4.98 Å². The predicted octanol–water partition coefficient (Wildman–Crippen LogP) is 4.17. The van der Waals surface area contributed by atoms with Crippen molar-refractivity contribution in [3.63, 3.8) is 0 Å². The van der Waals surface area contributed by atoms with Crippen LogP contribution in [0.15, 0.2) is 59.0 Å². The molecule has 7 heteroatoms. The van der Waals surface area contributed by atoms with Gasteiger partial charge in [0.1, 0.15) is 17.4 Å². The van der Waals surface area contributed by atoms with Gasteiger partial charge in [-0.3, -0.25) is 0 Å². The molecule has 2 aromatic carbocycles. The monoisotopic (exact) mass is 377 g/mol. The third-order valence-electron chi connectivity index (χ3n) is 4.26. The van der Waals surface area contributed by atoms with Gasteiger partial charge in [-0.2, -0.15) is 5.10 Å². The topological polar surface area (TPSA) is 98.5 Å². The number of ether oxygens (including phenoxy) is 1. The minimum atomic E-state index is 0.283. The Morgan fingerprint density at radius 1 is 1.15 bits per heavy atom. The minimum Gasteiger partial charge on any atom is -0.494 e. The lowest BCUT2D eigenvalue weighted by molar-refractivity contribution is 0.340. The minimum absolute atomic E-state index is 0.283. The summed E-state index contributed by atoms with van der Waals surface area (Å²) in [4.78, 5) is 4.82. The summed E-state index contributed by atoms with van der Waals surface area (Å²) >= 11 is 1.68. The molecule has 0 aliphatic heterocycles. The summed E-state index contributed by atoms with van der Waals surface area (Å²) in [5.74, 6) is 7.23. The number of fused-ring (bicyclic) bond motifs is 3. The SMILES string of the molecule is CCOc1ccc(Nc2nc3cc(/C(N)=N/N)ccc3c3sccc23)cc1. The van der Waals surface area contributed by atoms with Crippen LogP contribution in [0, 0.1) is 0 Å². The van der Waals surface area contributed by atoms with E-state index in [0.717, 1.165) is 39.1 Å². The molecule has 0 saturated heterocycles. The molecular formula is C20H19N5OS. The number of amidine groups is 1. The second-order valence-electron chi connectivity index (χ2n) is 5.95. The van der Waals surface area contributed by atoms with Crippen LogP contribution in [0.5, 0.6) is 5.75 Å². The second kappa shape index (κ2) is 7.13. The Morgan fingerprint density at radius 2 is 1.96 bits per heavy atom. The van der Waals surface area contributed by atoms with E-state index in [0.29, 0.717) is 6.61 Å². The molecule has 136 valence electrons. The fraction of sp³-hybridized carbons (Fsp3) is 0.100. The second-order valence-corrected chi connectivity index (χ2v) is 6.87. The summed E-state index contributed by atoms with van der Waals surface area (Å²) in [5.41, 5.74) is 8.38. The van der Waals surface area contributed by atoms with Gasteiger partial charge in [0.05, 0.1) is 12.1 Å². The molecule has 0 aliphatic rings. The number of rotatable bonds is 5. The zero-order valence-electron chi connectivity index (χ0n) is 14.8. The number of hydrazone groups is 1. The van der Waals surface area contributed by atoms with Crippen molar-refractivity contribution >= 4 is 49.7 Å². The number of anilines is 2. The first-order chi connectivity index (χ1) is 13.2. The van der Waals surface area contributed by atoms with Crippen LogP contribution in [0.1, 0.15) is 12.5 Å². The zero-order valence-corrected chi connectivity index (χ0v) is 15.6. The Kier molecular flexibility index (Phi) is 4.52. The molecule has 0 amide bonds. The highest BCUT2D eigenvalue weighted by Crippen LogP contribution is 2.35. The fourth-order valence-corrected chi connectivity index (χ4v) is 3.90. The lowest BCUT2D eigenvalue weighted by Crippen LogP contribution is -2.15. The van der Waals surface area contributed by atoms with Crippen LogP contribution in [0.3, 0.4) is 0 Å². The van der Waals surface area contributed by atoms with Crippen LogP contribution in [0.2, 0.25) is 0 Å². The number of aromatic nitrogens is 1. The third-order valence-corrected chi connectivity index (χ3v) is 5.21. The van der Waals surface area contributed by atoms with Gasteiger partial charge in [-0.05, 0) is 48.7 Å². The van der Waals surface area contributed by atoms with Gasteiger partial charge in [0.2, 0.25) is 0 Å². The van der Waals surface area contributed by atoms with E-state index >= 15 is 0 Å². The fourth-order valence-electron chi connectivity index (χ4n) is 2.97. The molecule has 0 fully saturated rings. The van der Waals surface area contributed by atoms with E-state index in [-0.39, 0.29) is 5.84 Å². The molecule has 0 aliphatic carbocycles. The molecule has 4 rings (SSSR count). The molecule has 2 heterocycles. The molecule has 5 N–H and O–H groups in total. The van der Waals surface area contributed by atoms with E-state index in [4.69, 9.17) is 21.3 Å². The van der Waals surface area contributed by atoms with Crippen molar-refractivity contribution in [2.75, 3.05) is 11.9 Å². The Balaban J connectivity index is 1.79. The number of thiophene rings is 1. The van der Waals surface area contributed by atoms with Gasteiger partial charge in [-0.15, -0.1) is 11.3 Å². The van der Waals surface area contributed by atoms with Crippen molar-refractivity contribution in [3.8, 4) is 5.75 Å². The highest BCUT2D eigenvalue weighted by atomic mass is 32.1. The molecular weight excluding hydrogens is 358 g/mol. The van der Waals surface area contributed by atoms with Crippen LogP contribution in [-0.4, -0.2) is 17.4 Å². The highest BCUT2D eigenvalue weighted by molar-refractivity contribution is 7.18. The molecule has 0 spiro atoms. The van der Waals surface area contributed by atoms with E-state index in [1.54, 1.807) is 11.3 Å².